The van der Waals surface area contributed by atoms with Crippen molar-refractivity contribution < 1.29 is 14.3 Å². The summed E-state index contributed by atoms with van der Waals surface area (Å²) in [7, 11) is 1.64. The van der Waals surface area contributed by atoms with Gasteiger partial charge in [0.2, 0.25) is 5.91 Å². The second-order valence-electron chi connectivity index (χ2n) is 6.97. The first-order valence-electron chi connectivity index (χ1n) is 10.0. The number of nitrogens with zero attached hydrogens (tertiary/aromatic N) is 3. The van der Waals surface area contributed by atoms with Crippen LogP contribution in [0.5, 0.6) is 5.75 Å². The third-order valence-electron chi connectivity index (χ3n) is 5.10. The zero-order valence-corrected chi connectivity index (χ0v) is 17.1. The molecule has 1 aromatic heterocycles. The van der Waals surface area contributed by atoms with Gasteiger partial charge in [0.05, 0.1) is 7.11 Å². The van der Waals surface area contributed by atoms with Crippen molar-refractivity contribution in [1.29, 1.82) is 0 Å². The average molecular weight is 396 g/mol. The standard InChI is InChI=1S/C22H28N4O3/c1-3-23-22(28)20-16-18(10-11-24-20)25-12-14-26(15-13-25)21(27)9-6-17-4-7-19(29-2)8-5-17/h4-5,7-8,10-11,16H,3,6,9,12-15H2,1-2H3,(H,23,28). The maximum atomic E-state index is 12.6. The van der Waals surface area contributed by atoms with E-state index in [0.717, 1.165) is 36.5 Å². The fraction of sp³-hybridized carbons (Fsp3) is 0.409. The van der Waals surface area contributed by atoms with Gasteiger partial charge in [-0.25, -0.2) is 0 Å². The highest BCUT2D eigenvalue weighted by molar-refractivity contribution is 5.93. The molecule has 0 spiro atoms. The molecule has 3 rings (SSSR count). The second-order valence-corrected chi connectivity index (χ2v) is 6.97. The summed E-state index contributed by atoms with van der Waals surface area (Å²) in [5.41, 5.74) is 2.52. The summed E-state index contributed by atoms with van der Waals surface area (Å²) in [6.07, 6.45) is 2.89. The summed E-state index contributed by atoms with van der Waals surface area (Å²) in [5, 5.41) is 2.77. The number of aromatic nitrogens is 1. The van der Waals surface area contributed by atoms with Crippen LogP contribution in [-0.4, -0.2) is 61.5 Å². The van der Waals surface area contributed by atoms with Crippen LogP contribution >= 0.6 is 0 Å². The van der Waals surface area contributed by atoms with Crippen molar-refractivity contribution in [1.82, 2.24) is 15.2 Å². The molecule has 7 heteroatoms. The normalized spacial score (nSPS) is 13.9. The molecular weight excluding hydrogens is 368 g/mol. The number of aryl methyl sites for hydroxylation is 1. The second kappa shape index (κ2) is 9.91. The van der Waals surface area contributed by atoms with Crippen LogP contribution in [-0.2, 0) is 11.2 Å². The van der Waals surface area contributed by atoms with Gasteiger partial charge in [0.15, 0.2) is 0 Å². The van der Waals surface area contributed by atoms with E-state index in [4.69, 9.17) is 4.74 Å². The highest BCUT2D eigenvalue weighted by atomic mass is 16.5. The number of benzene rings is 1. The molecule has 0 saturated carbocycles. The van der Waals surface area contributed by atoms with Gasteiger partial charge < -0.3 is 19.9 Å². The predicted octanol–water partition coefficient (Wildman–Crippen LogP) is 2.12. The lowest BCUT2D eigenvalue weighted by Crippen LogP contribution is -2.48. The number of carbonyl (C=O) groups excluding carboxylic acids is 2. The molecule has 0 radical (unpaired) electrons. The first-order valence-corrected chi connectivity index (χ1v) is 10.0. The van der Waals surface area contributed by atoms with Gasteiger partial charge in [-0.3, -0.25) is 14.6 Å². The monoisotopic (exact) mass is 396 g/mol. The largest absolute Gasteiger partial charge is 0.497 e. The van der Waals surface area contributed by atoms with Crippen LogP contribution in [0.2, 0.25) is 0 Å². The van der Waals surface area contributed by atoms with Crippen molar-refractivity contribution in [2.45, 2.75) is 19.8 Å². The van der Waals surface area contributed by atoms with Crippen molar-refractivity contribution >= 4 is 17.5 Å². The Morgan fingerprint density at radius 3 is 2.48 bits per heavy atom. The van der Waals surface area contributed by atoms with Gasteiger partial charge in [0.25, 0.3) is 5.91 Å². The minimum atomic E-state index is -0.165. The summed E-state index contributed by atoms with van der Waals surface area (Å²) < 4.78 is 5.16. The Morgan fingerprint density at radius 1 is 1.10 bits per heavy atom. The topological polar surface area (TPSA) is 74.8 Å². The molecule has 0 unspecified atom stereocenters. The Bertz CT molecular complexity index is 830. The molecule has 0 bridgehead atoms. The van der Waals surface area contributed by atoms with Gasteiger partial charge in [-0.15, -0.1) is 0 Å². The van der Waals surface area contributed by atoms with Gasteiger partial charge in [0, 0.05) is 51.0 Å². The molecule has 0 aliphatic carbocycles. The lowest BCUT2D eigenvalue weighted by atomic mass is 10.1. The zero-order chi connectivity index (χ0) is 20.6. The van der Waals surface area contributed by atoms with Crippen molar-refractivity contribution in [3.63, 3.8) is 0 Å². The highest BCUT2D eigenvalue weighted by Gasteiger charge is 2.21. The fourth-order valence-electron chi connectivity index (χ4n) is 3.41. The van der Waals surface area contributed by atoms with Crippen LogP contribution < -0.4 is 15.0 Å². The average Bonchev–Trinajstić information content (AvgIpc) is 2.78. The number of amides is 2. The summed E-state index contributed by atoms with van der Waals surface area (Å²) >= 11 is 0. The lowest BCUT2D eigenvalue weighted by molar-refractivity contribution is -0.131. The number of methoxy groups -OCH3 is 1. The minimum absolute atomic E-state index is 0.165. The summed E-state index contributed by atoms with van der Waals surface area (Å²) in [4.78, 5) is 32.8. The van der Waals surface area contributed by atoms with Crippen LogP contribution in [0.4, 0.5) is 5.69 Å². The third-order valence-corrected chi connectivity index (χ3v) is 5.10. The van der Waals surface area contributed by atoms with E-state index in [0.29, 0.717) is 31.7 Å². The molecule has 0 atom stereocenters. The van der Waals surface area contributed by atoms with Gasteiger partial charge in [0.1, 0.15) is 11.4 Å². The van der Waals surface area contributed by atoms with Crippen LogP contribution in [0.1, 0.15) is 29.4 Å². The van der Waals surface area contributed by atoms with Gasteiger partial charge >= 0.3 is 0 Å². The molecule has 2 heterocycles. The van der Waals surface area contributed by atoms with E-state index in [1.807, 2.05) is 48.2 Å². The lowest BCUT2D eigenvalue weighted by Gasteiger charge is -2.36. The minimum Gasteiger partial charge on any atom is -0.497 e. The highest BCUT2D eigenvalue weighted by Crippen LogP contribution is 2.18. The fourth-order valence-corrected chi connectivity index (χ4v) is 3.41. The molecule has 1 aromatic carbocycles. The van der Waals surface area contributed by atoms with E-state index in [9.17, 15) is 9.59 Å². The number of carbonyl (C=O) groups is 2. The SMILES string of the molecule is CCNC(=O)c1cc(N2CCN(C(=O)CCc3ccc(OC)cc3)CC2)ccn1. The Labute approximate surface area is 171 Å². The first kappa shape index (κ1) is 20.6. The number of piperazine rings is 1. The van der Waals surface area contributed by atoms with E-state index >= 15 is 0 Å². The number of nitrogens with one attached hydrogen (secondary N) is 1. The van der Waals surface area contributed by atoms with Crippen LogP contribution in [0.15, 0.2) is 42.6 Å². The maximum Gasteiger partial charge on any atom is 0.269 e. The quantitative estimate of drug-likeness (QED) is 0.776. The summed E-state index contributed by atoms with van der Waals surface area (Å²) in [5.74, 6) is 0.836. The number of hydrogen-bond donors (Lipinski definition) is 1. The maximum absolute atomic E-state index is 12.6. The van der Waals surface area contributed by atoms with E-state index in [1.165, 1.54) is 0 Å². The first-order chi connectivity index (χ1) is 14.1. The van der Waals surface area contributed by atoms with Gasteiger partial charge in [-0.05, 0) is 43.2 Å². The Kier molecular flexibility index (Phi) is 7.05. The van der Waals surface area contributed by atoms with E-state index < -0.39 is 0 Å². The molecule has 1 aliphatic rings. The molecule has 29 heavy (non-hydrogen) atoms. The number of hydrogen-bond acceptors (Lipinski definition) is 5. The van der Waals surface area contributed by atoms with Crippen molar-refractivity contribution in [3.05, 3.63) is 53.9 Å². The third kappa shape index (κ3) is 5.47. The molecule has 154 valence electrons. The van der Waals surface area contributed by atoms with Gasteiger partial charge in [-0.1, -0.05) is 12.1 Å². The number of pyridine rings is 1. The van der Waals surface area contributed by atoms with Crippen LogP contribution in [0.3, 0.4) is 0 Å². The molecule has 1 N–H and O–H groups in total. The Morgan fingerprint density at radius 2 is 1.83 bits per heavy atom. The van der Waals surface area contributed by atoms with Crippen LogP contribution in [0.25, 0.3) is 0 Å². The Balaban J connectivity index is 1.50. The molecule has 1 fully saturated rings. The molecule has 1 aliphatic heterocycles. The predicted molar refractivity (Wildman–Crippen MR) is 112 cm³/mol. The smallest absolute Gasteiger partial charge is 0.269 e. The molecule has 2 aromatic rings. The number of anilines is 1. The number of ether oxygens (including phenoxy) is 1. The Hall–Kier alpha value is -3.09. The van der Waals surface area contributed by atoms with Crippen molar-refractivity contribution in [2.24, 2.45) is 0 Å². The van der Waals surface area contributed by atoms with Gasteiger partial charge in [-0.2, -0.15) is 0 Å². The summed E-state index contributed by atoms with van der Waals surface area (Å²) in [6, 6.07) is 11.6. The molecular formula is C22H28N4O3. The summed E-state index contributed by atoms with van der Waals surface area (Å²) in [6.45, 7) is 5.30. The molecule has 2 amide bonds. The van der Waals surface area contributed by atoms with E-state index in [1.54, 1.807) is 13.3 Å². The number of rotatable bonds is 7. The van der Waals surface area contributed by atoms with Crippen molar-refractivity contribution in [2.75, 3.05) is 44.7 Å². The molecule has 1 saturated heterocycles. The van der Waals surface area contributed by atoms with Crippen molar-refractivity contribution in [3.8, 4) is 5.75 Å². The molecule has 7 nitrogen and oxygen atoms in total. The van der Waals surface area contributed by atoms with E-state index in [-0.39, 0.29) is 11.8 Å². The van der Waals surface area contributed by atoms with Crippen LogP contribution in [0, 0.1) is 0 Å². The zero-order valence-electron chi connectivity index (χ0n) is 17.1. The van der Waals surface area contributed by atoms with E-state index in [2.05, 4.69) is 15.2 Å².